The maximum atomic E-state index is 11.7. The third-order valence-electron chi connectivity index (χ3n) is 2.80. The van der Waals surface area contributed by atoms with Gasteiger partial charge in [-0.2, -0.15) is 0 Å². The summed E-state index contributed by atoms with van der Waals surface area (Å²) in [5.41, 5.74) is 0. The molecule has 2 atom stereocenters. The lowest BCUT2D eigenvalue weighted by atomic mass is 10.1. The number of carbonyl (C=O) groups is 2. The molecule has 5 heteroatoms. The lowest BCUT2D eigenvalue weighted by molar-refractivity contribution is -0.139. The molecule has 2 unspecified atom stereocenters. The third kappa shape index (κ3) is 8.09. The molecule has 0 aliphatic carbocycles. The molecule has 0 aliphatic rings. The minimum atomic E-state index is -1.12. The Kier molecular flexibility index (Phi) is 9.33. The number of terminal acetylenes is 1. The van der Waals surface area contributed by atoms with Gasteiger partial charge in [0, 0.05) is 12.5 Å². The highest BCUT2D eigenvalue weighted by atomic mass is 16.4. The van der Waals surface area contributed by atoms with Crippen LogP contribution in [0.3, 0.4) is 0 Å². The van der Waals surface area contributed by atoms with Gasteiger partial charge in [0.1, 0.15) is 6.04 Å². The molecule has 2 amide bonds. The van der Waals surface area contributed by atoms with Gasteiger partial charge in [-0.3, -0.25) is 0 Å². The topological polar surface area (TPSA) is 78.4 Å². The molecule has 0 aromatic rings. The van der Waals surface area contributed by atoms with Gasteiger partial charge in [-0.25, -0.2) is 9.59 Å². The van der Waals surface area contributed by atoms with Crippen molar-refractivity contribution in [3.05, 3.63) is 0 Å². The van der Waals surface area contributed by atoms with Gasteiger partial charge in [0.2, 0.25) is 0 Å². The Labute approximate surface area is 115 Å². The molecule has 0 fully saturated rings. The van der Waals surface area contributed by atoms with E-state index in [1.807, 2.05) is 0 Å². The summed E-state index contributed by atoms with van der Waals surface area (Å²) in [6.07, 6.45) is 9.93. The number of unbranched alkanes of at least 4 members (excludes halogenated alkanes) is 1. The van der Waals surface area contributed by atoms with Gasteiger partial charge in [0.25, 0.3) is 0 Å². The Balaban J connectivity index is 4.30. The number of carboxylic acid groups (broad SMARTS) is 1. The third-order valence-corrected chi connectivity index (χ3v) is 2.80. The minimum absolute atomic E-state index is 0.0177. The van der Waals surface area contributed by atoms with Crippen LogP contribution in [0.2, 0.25) is 0 Å². The van der Waals surface area contributed by atoms with Gasteiger partial charge >= 0.3 is 12.0 Å². The molecular weight excluding hydrogens is 244 g/mol. The van der Waals surface area contributed by atoms with Crippen molar-refractivity contribution >= 4 is 12.0 Å². The maximum absolute atomic E-state index is 11.7. The summed E-state index contributed by atoms with van der Waals surface area (Å²) < 4.78 is 0. The van der Waals surface area contributed by atoms with Crippen LogP contribution in [0.4, 0.5) is 4.79 Å². The molecule has 19 heavy (non-hydrogen) atoms. The highest BCUT2D eigenvalue weighted by molar-refractivity contribution is 5.82. The van der Waals surface area contributed by atoms with Crippen LogP contribution in [-0.2, 0) is 4.79 Å². The van der Waals surface area contributed by atoms with Gasteiger partial charge in [-0.05, 0) is 12.8 Å². The van der Waals surface area contributed by atoms with Crippen LogP contribution in [0, 0.1) is 12.3 Å². The van der Waals surface area contributed by atoms with E-state index < -0.39 is 18.0 Å². The van der Waals surface area contributed by atoms with Crippen LogP contribution in [-0.4, -0.2) is 29.2 Å². The summed E-state index contributed by atoms with van der Waals surface area (Å²) in [7, 11) is 0. The number of rotatable bonds is 9. The van der Waals surface area contributed by atoms with Gasteiger partial charge in [-0.1, -0.05) is 33.1 Å². The van der Waals surface area contributed by atoms with E-state index in [0.717, 1.165) is 32.1 Å². The predicted molar refractivity (Wildman–Crippen MR) is 74.8 cm³/mol. The summed E-state index contributed by atoms with van der Waals surface area (Å²) in [6, 6.07) is -1.40. The Morgan fingerprint density at radius 1 is 1.21 bits per heavy atom. The van der Waals surface area contributed by atoms with Crippen molar-refractivity contribution in [3.8, 4) is 12.3 Å². The Morgan fingerprint density at radius 3 is 2.37 bits per heavy atom. The summed E-state index contributed by atoms with van der Waals surface area (Å²) in [5, 5.41) is 14.1. The Morgan fingerprint density at radius 2 is 1.89 bits per heavy atom. The first-order valence-electron chi connectivity index (χ1n) is 6.78. The lowest BCUT2D eigenvalue weighted by Crippen LogP contribution is -2.48. The number of carbonyl (C=O) groups excluding carboxylic acids is 1. The highest BCUT2D eigenvalue weighted by Gasteiger charge is 2.20. The molecule has 3 N–H and O–H groups in total. The van der Waals surface area contributed by atoms with Crippen molar-refractivity contribution < 1.29 is 14.7 Å². The van der Waals surface area contributed by atoms with Crippen LogP contribution in [0.5, 0.6) is 0 Å². The molecular formula is C14H24N2O3. The largest absolute Gasteiger partial charge is 0.480 e. The maximum Gasteiger partial charge on any atom is 0.327 e. The highest BCUT2D eigenvalue weighted by Crippen LogP contribution is 2.06. The van der Waals surface area contributed by atoms with Crippen LogP contribution in [0.1, 0.15) is 52.4 Å². The van der Waals surface area contributed by atoms with Gasteiger partial charge in [0.15, 0.2) is 0 Å². The monoisotopic (exact) mass is 268 g/mol. The first kappa shape index (κ1) is 17.3. The van der Waals surface area contributed by atoms with E-state index in [4.69, 9.17) is 11.5 Å². The van der Waals surface area contributed by atoms with Crippen molar-refractivity contribution in [1.82, 2.24) is 10.6 Å². The number of hydrogen-bond acceptors (Lipinski definition) is 2. The lowest BCUT2D eigenvalue weighted by Gasteiger charge is -2.20. The summed E-state index contributed by atoms with van der Waals surface area (Å²) in [6.45, 7) is 4.15. The molecule has 0 spiro atoms. The average Bonchev–Trinajstić information content (AvgIpc) is 2.35. The standard InChI is InChI=1S/C14H24N2O3/c1-4-7-10-11(8-5-2)15-14(19)16-12(9-6-3)13(17)18/h3,11-12H,4-5,7-10H2,1-2H3,(H,17,18)(H2,15,16,19). The number of nitrogens with one attached hydrogen (secondary N) is 2. The second-order valence-electron chi connectivity index (χ2n) is 4.54. The summed E-state index contributed by atoms with van der Waals surface area (Å²) >= 11 is 0. The van der Waals surface area contributed by atoms with E-state index in [1.54, 1.807) is 0 Å². The first-order chi connectivity index (χ1) is 9.04. The summed E-state index contributed by atoms with van der Waals surface area (Å²) in [4.78, 5) is 22.6. The van der Waals surface area contributed by atoms with E-state index in [9.17, 15) is 9.59 Å². The molecule has 0 aromatic carbocycles. The Bertz CT molecular complexity index is 323. The quantitative estimate of drug-likeness (QED) is 0.560. The fraction of sp³-hybridized carbons (Fsp3) is 0.714. The second kappa shape index (κ2) is 10.2. The zero-order chi connectivity index (χ0) is 14.7. The summed E-state index contributed by atoms with van der Waals surface area (Å²) in [5.74, 6) is 1.13. The molecule has 0 heterocycles. The second-order valence-corrected chi connectivity index (χ2v) is 4.54. The Hall–Kier alpha value is -1.70. The van der Waals surface area contributed by atoms with Crippen LogP contribution >= 0.6 is 0 Å². The van der Waals surface area contributed by atoms with Crippen LogP contribution < -0.4 is 10.6 Å². The fourth-order valence-electron chi connectivity index (χ4n) is 1.79. The molecule has 0 aromatic heterocycles. The zero-order valence-corrected chi connectivity index (χ0v) is 11.7. The minimum Gasteiger partial charge on any atom is -0.480 e. The zero-order valence-electron chi connectivity index (χ0n) is 11.7. The van der Waals surface area contributed by atoms with Gasteiger partial charge in [-0.15, -0.1) is 12.3 Å². The number of hydrogen-bond donors (Lipinski definition) is 3. The van der Waals surface area contributed by atoms with E-state index in [1.165, 1.54) is 0 Å². The van der Waals surface area contributed by atoms with E-state index >= 15 is 0 Å². The first-order valence-corrected chi connectivity index (χ1v) is 6.78. The van der Waals surface area contributed by atoms with Gasteiger partial charge in [0.05, 0.1) is 0 Å². The fourth-order valence-corrected chi connectivity index (χ4v) is 1.79. The molecule has 5 nitrogen and oxygen atoms in total. The van der Waals surface area contributed by atoms with Crippen LogP contribution in [0.25, 0.3) is 0 Å². The molecule has 0 radical (unpaired) electrons. The van der Waals surface area contributed by atoms with Crippen molar-refractivity contribution in [2.45, 2.75) is 64.5 Å². The molecule has 0 saturated carbocycles. The normalized spacial score (nSPS) is 13.1. The molecule has 108 valence electrons. The molecule has 0 rings (SSSR count). The number of urea groups is 1. The number of aliphatic carboxylic acids is 1. The van der Waals surface area contributed by atoms with Crippen molar-refractivity contribution in [2.24, 2.45) is 0 Å². The number of carboxylic acids is 1. The molecule has 0 aliphatic heterocycles. The number of amides is 2. The van der Waals surface area contributed by atoms with Gasteiger partial charge < -0.3 is 15.7 Å². The van der Waals surface area contributed by atoms with Crippen molar-refractivity contribution in [2.75, 3.05) is 0 Å². The van der Waals surface area contributed by atoms with E-state index in [2.05, 4.69) is 30.4 Å². The van der Waals surface area contributed by atoms with Crippen molar-refractivity contribution in [3.63, 3.8) is 0 Å². The van der Waals surface area contributed by atoms with Crippen LogP contribution in [0.15, 0.2) is 0 Å². The van der Waals surface area contributed by atoms with Crippen molar-refractivity contribution in [1.29, 1.82) is 0 Å². The molecule has 0 saturated heterocycles. The predicted octanol–water partition coefficient (Wildman–Crippen LogP) is 2.12. The average molecular weight is 268 g/mol. The van der Waals surface area contributed by atoms with E-state index in [-0.39, 0.29) is 12.5 Å². The molecule has 0 bridgehead atoms. The van der Waals surface area contributed by atoms with E-state index in [0.29, 0.717) is 0 Å². The smallest absolute Gasteiger partial charge is 0.327 e. The SMILES string of the molecule is C#CCC(NC(=O)NC(CCC)CCCC)C(=O)O.